The van der Waals surface area contributed by atoms with Crippen LogP contribution < -0.4 is 4.90 Å². The smallest absolute Gasteiger partial charge is 0.475 e. The summed E-state index contributed by atoms with van der Waals surface area (Å²) in [6, 6.07) is 10.4. The topological polar surface area (TPSA) is 171 Å². The number of rotatable bonds is 4. The van der Waals surface area contributed by atoms with Gasteiger partial charge in [0.05, 0.1) is 30.8 Å². The molecule has 0 atom stereocenters. The fourth-order valence-corrected chi connectivity index (χ4v) is 4.14. The number of anilines is 1. The summed E-state index contributed by atoms with van der Waals surface area (Å²) < 4.78 is 103. The Bertz CT molecular complexity index is 1450. The number of aliphatic carboxylic acids is 3. The molecule has 2 saturated heterocycles. The molecule has 0 unspecified atom stereocenters. The summed E-state index contributed by atoms with van der Waals surface area (Å²) >= 11 is 0. The molecule has 5 heterocycles. The normalized spacial score (nSPS) is 15.9. The van der Waals surface area contributed by atoms with Crippen LogP contribution in [-0.2, 0) is 25.7 Å². The van der Waals surface area contributed by atoms with Crippen LogP contribution in [0.5, 0.6) is 0 Å². The van der Waals surface area contributed by atoms with Crippen molar-refractivity contribution in [2.75, 3.05) is 44.3 Å². The monoisotopic (exact) mass is 720 g/mol. The average molecular weight is 721 g/mol. The molecule has 2 aliphatic rings. The highest BCUT2D eigenvalue weighted by Crippen LogP contribution is 2.27. The van der Waals surface area contributed by atoms with E-state index in [0.29, 0.717) is 5.92 Å². The Balaban J connectivity index is 0.000000325. The third kappa shape index (κ3) is 14.1. The number of ether oxygens (including phenoxy) is 1. The molecule has 2 fully saturated rings. The molecular formula is C27H29F9N6O7. The molecule has 49 heavy (non-hydrogen) atoms. The average Bonchev–Trinajstić information content (AvgIpc) is 3.46. The van der Waals surface area contributed by atoms with Crippen molar-refractivity contribution in [2.45, 2.75) is 43.8 Å². The quantitative estimate of drug-likeness (QED) is 0.328. The Labute approximate surface area is 270 Å². The Hall–Kier alpha value is -4.73. The molecule has 0 saturated carbocycles. The Morgan fingerprint density at radius 3 is 1.73 bits per heavy atom. The lowest BCUT2D eigenvalue weighted by Gasteiger charge is -2.30. The molecule has 13 nitrogen and oxygen atoms in total. The first-order valence-corrected chi connectivity index (χ1v) is 13.9. The maximum atomic E-state index is 10.6. The summed E-state index contributed by atoms with van der Waals surface area (Å²) in [7, 11) is 0. The lowest BCUT2D eigenvalue weighted by molar-refractivity contribution is -0.193. The van der Waals surface area contributed by atoms with Gasteiger partial charge in [-0.3, -0.25) is 9.88 Å². The van der Waals surface area contributed by atoms with Gasteiger partial charge in [0.15, 0.2) is 11.5 Å². The summed E-state index contributed by atoms with van der Waals surface area (Å²) in [5.41, 5.74) is 3.27. The number of likely N-dealkylation sites (tertiary alicyclic amines) is 1. The van der Waals surface area contributed by atoms with Crippen molar-refractivity contribution in [3.8, 4) is 0 Å². The number of morpholine rings is 1. The van der Waals surface area contributed by atoms with E-state index in [1.54, 1.807) is 0 Å². The fraction of sp³-hybridized carbons (Fsp3) is 0.481. The van der Waals surface area contributed by atoms with Crippen molar-refractivity contribution in [1.82, 2.24) is 24.5 Å². The highest BCUT2D eigenvalue weighted by atomic mass is 19.4. The molecule has 272 valence electrons. The second-order valence-electron chi connectivity index (χ2n) is 10.0. The molecule has 22 heteroatoms. The van der Waals surface area contributed by atoms with Gasteiger partial charge in [-0.05, 0) is 50.2 Å². The molecule has 5 rings (SSSR count). The summed E-state index contributed by atoms with van der Waals surface area (Å²) in [4.78, 5) is 40.8. The van der Waals surface area contributed by atoms with Gasteiger partial charge in [-0.15, -0.1) is 0 Å². The number of alkyl halides is 9. The SMILES string of the molecule is O=C(O)C(F)(F)F.O=C(O)C(F)(F)F.O=C(O)C(F)(F)F.c1ccc(CN2CCC(c3nc4ccc(N5CCOCC5)cn4n3)CC2)nc1. The van der Waals surface area contributed by atoms with Crippen molar-refractivity contribution < 1.29 is 74.0 Å². The van der Waals surface area contributed by atoms with Crippen LogP contribution in [-0.4, -0.2) is 116 Å². The first-order chi connectivity index (χ1) is 22.7. The van der Waals surface area contributed by atoms with E-state index in [4.69, 9.17) is 44.5 Å². The highest BCUT2D eigenvalue weighted by molar-refractivity contribution is 5.73. The highest BCUT2D eigenvalue weighted by Gasteiger charge is 2.39. The minimum atomic E-state index is -5.08. The number of hydrogen-bond acceptors (Lipinski definition) is 9. The zero-order chi connectivity index (χ0) is 37.0. The van der Waals surface area contributed by atoms with Crippen LogP contribution >= 0.6 is 0 Å². The summed E-state index contributed by atoms with van der Waals surface area (Å²) in [6.45, 7) is 6.50. The van der Waals surface area contributed by atoms with Crippen molar-refractivity contribution in [3.05, 3.63) is 54.2 Å². The first-order valence-electron chi connectivity index (χ1n) is 13.9. The zero-order valence-electron chi connectivity index (χ0n) is 25.0. The van der Waals surface area contributed by atoms with Crippen LogP contribution in [0.25, 0.3) is 5.65 Å². The minimum absolute atomic E-state index is 0.437. The first kappa shape index (κ1) is 40.4. The Morgan fingerprint density at radius 1 is 0.776 bits per heavy atom. The molecule has 0 radical (unpaired) electrons. The van der Waals surface area contributed by atoms with Gasteiger partial charge in [0.1, 0.15) is 0 Å². The maximum Gasteiger partial charge on any atom is 0.490 e. The second kappa shape index (κ2) is 17.6. The molecule has 0 bridgehead atoms. The molecule has 3 N–H and O–H groups in total. The standard InChI is InChI=1S/C21H26N6O.3C2HF3O2/c1-2-8-22-18(3-1)15-25-9-6-17(7-10-25)21-23-20-5-4-19(16-27(20)24-21)26-11-13-28-14-12-26;3*3-2(4,5)1(6)7/h1-5,8,16-17H,6-7,9-15H2;3*(H,6,7). The number of aromatic nitrogens is 4. The Kier molecular flexibility index (Phi) is 14.5. The lowest BCUT2D eigenvalue weighted by Crippen LogP contribution is -2.36. The van der Waals surface area contributed by atoms with Gasteiger partial charge in [0.2, 0.25) is 0 Å². The third-order valence-corrected chi connectivity index (χ3v) is 6.50. The predicted molar refractivity (Wildman–Crippen MR) is 149 cm³/mol. The number of halogens is 9. The van der Waals surface area contributed by atoms with Crippen molar-refractivity contribution in [2.24, 2.45) is 0 Å². The molecule has 2 aliphatic heterocycles. The van der Waals surface area contributed by atoms with Crippen LogP contribution in [0, 0.1) is 0 Å². The van der Waals surface area contributed by atoms with Crippen molar-refractivity contribution >= 4 is 29.2 Å². The van der Waals surface area contributed by atoms with E-state index in [1.807, 2.05) is 16.8 Å². The molecule has 3 aromatic heterocycles. The number of hydrogen-bond donors (Lipinski definition) is 3. The molecule has 0 spiro atoms. The van der Waals surface area contributed by atoms with Crippen LogP contribution in [0.15, 0.2) is 42.7 Å². The van der Waals surface area contributed by atoms with E-state index in [2.05, 4.69) is 45.2 Å². The second-order valence-corrected chi connectivity index (χ2v) is 10.0. The number of nitrogens with zero attached hydrogens (tertiary/aromatic N) is 6. The van der Waals surface area contributed by atoms with Gasteiger partial charge in [-0.25, -0.2) is 23.9 Å². The lowest BCUT2D eigenvalue weighted by atomic mass is 9.96. The predicted octanol–water partition coefficient (Wildman–Crippen LogP) is 4.24. The number of fused-ring (bicyclic) bond motifs is 1. The van der Waals surface area contributed by atoms with Gasteiger partial charge in [0.25, 0.3) is 0 Å². The van der Waals surface area contributed by atoms with Crippen LogP contribution in [0.1, 0.15) is 30.3 Å². The van der Waals surface area contributed by atoms with E-state index >= 15 is 0 Å². The molecule has 0 aliphatic carbocycles. The van der Waals surface area contributed by atoms with E-state index < -0.39 is 36.4 Å². The van der Waals surface area contributed by atoms with Crippen LogP contribution in [0.2, 0.25) is 0 Å². The van der Waals surface area contributed by atoms with Gasteiger partial charge < -0.3 is 25.0 Å². The zero-order valence-corrected chi connectivity index (χ0v) is 25.0. The van der Waals surface area contributed by atoms with Gasteiger partial charge in [0, 0.05) is 31.7 Å². The van der Waals surface area contributed by atoms with Gasteiger partial charge >= 0.3 is 36.4 Å². The van der Waals surface area contributed by atoms with Gasteiger partial charge in [-0.2, -0.15) is 44.6 Å². The van der Waals surface area contributed by atoms with E-state index in [1.165, 1.54) is 5.69 Å². The number of pyridine rings is 2. The number of carboxylic acid groups (broad SMARTS) is 3. The molecule has 3 aromatic rings. The summed E-state index contributed by atoms with van der Waals surface area (Å²) in [5, 5.41) is 26.2. The number of carboxylic acids is 3. The van der Waals surface area contributed by atoms with Crippen LogP contribution in [0.4, 0.5) is 45.2 Å². The van der Waals surface area contributed by atoms with Gasteiger partial charge in [-0.1, -0.05) is 6.07 Å². The van der Waals surface area contributed by atoms with E-state index in [-0.39, 0.29) is 0 Å². The largest absolute Gasteiger partial charge is 0.490 e. The Morgan fingerprint density at radius 2 is 1.29 bits per heavy atom. The fourth-order valence-electron chi connectivity index (χ4n) is 4.14. The summed E-state index contributed by atoms with van der Waals surface area (Å²) in [6.07, 6.45) is -9.08. The third-order valence-electron chi connectivity index (χ3n) is 6.50. The molecular weight excluding hydrogens is 691 g/mol. The molecule has 0 aromatic carbocycles. The van der Waals surface area contributed by atoms with Crippen molar-refractivity contribution in [1.29, 1.82) is 0 Å². The molecule has 0 amide bonds. The van der Waals surface area contributed by atoms with Crippen LogP contribution in [0.3, 0.4) is 0 Å². The number of piperidine rings is 1. The number of carbonyl (C=O) groups is 3. The van der Waals surface area contributed by atoms with E-state index in [9.17, 15) is 39.5 Å². The summed E-state index contributed by atoms with van der Waals surface area (Å²) in [5.74, 6) is -6.85. The maximum absolute atomic E-state index is 10.6. The minimum Gasteiger partial charge on any atom is -0.475 e. The van der Waals surface area contributed by atoms with E-state index in [0.717, 1.165) is 75.9 Å². The van der Waals surface area contributed by atoms with Crippen molar-refractivity contribution in [3.63, 3.8) is 0 Å².